The van der Waals surface area contributed by atoms with E-state index in [1.807, 2.05) is 6.20 Å². The van der Waals surface area contributed by atoms with Crippen LogP contribution in [-0.2, 0) is 6.54 Å². The minimum atomic E-state index is -4.17. The molecule has 1 aliphatic carbocycles. The number of hydrogen-bond acceptors (Lipinski definition) is 7. The Balaban J connectivity index is 1.36. The van der Waals surface area contributed by atoms with Gasteiger partial charge in [0.1, 0.15) is 17.3 Å². The third-order valence-corrected chi connectivity index (χ3v) is 6.48. The Morgan fingerprint density at radius 3 is 2.67 bits per heavy atom. The molecule has 0 bridgehead atoms. The lowest BCUT2D eigenvalue weighted by Gasteiger charge is -2.26. The molecule has 2 aliphatic rings. The first-order chi connectivity index (χ1) is 18.7. The minimum Gasteiger partial charge on any atom is -0.493 e. The number of aliphatic hydroxyl groups excluding tert-OH is 1. The molecule has 1 aliphatic heterocycles. The van der Waals surface area contributed by atoms with Crippen molar-refractivity contribution in [1.29, 1.82) is 0 Å². The van der Waals surface area contributed by atoms with Crippen LogP contribution in [0.2, 0.25) is 0 Å². The molecule has 0 spiro atoms. The minimum absolute atomic E-state index is 0.0133. The molecule has 208 valence electrons. The lowest BCUT2D eigenvalue weighted by Crippen LogP contribution is -2.37. The van der Waals surface area contributed by atoms with Crippen LogP contribution in [-0.4, -0.2) is 54.1 Å². The number of rotatable bonds is 11. The Labute approximate surface area is 220 Å². The van der Waals surface area contributed by atoms with E-state index in [1.54, 1.807) is 16.8 Å². The summed E-state index contributed by atoms with van der Waals surface area (Å²) in [7, 11) is 0. The number of aliphatic hydroxyl groups is 1. The fourth-order valence-corrected chi connectivity index (χ4v) is 4.34. The van der Waals surface area contributed by atoms with E-state index in [0.29, 0.717) is 30.0 Å². The number of halogens is 4. The van der Waals surface area contributed by atoms with Gasteiger partial charge in [-0.2, -0.15) is 23.0 Å². The van der Waals surface area contributed by atoms with Crippen LogP contribution in [0, 0.1) is 11.7 Å². The summed E-state index contributed by atoms with van der Waals surface area (Å²) in [5.74, 6) is 0.161. The molecule has 5 rings (SSSR count). The summed E-state index contributed by atoms with van der Waals surface area (Å²) in [4.78, 5) is 12.3. The van der Waals surface area contributed by atoms with Gasteiger partial charge in [-0.15, -0.1) is 0 Å². The molecule has 1 saturated carbocycles. The van der Waals surface area contributed by atoms with Crippen LogP contribution in [0.1, 0.15) is 49.8 Å². The Kier molecular flexibility index (Phi) is 7.55. The predicted molar refractivity (Wildman–Crippen MR) is 132 cm³/mol. The summed E-state index contributed by atoms with van der Waals surface area (Å²) in [6, 6.07) is 5.92. The fraction of sp³-hybridized carbons (Fsp3) is 0.440. The number of ether oxygens (including phenoxy) is 1. The second-order valence-electron chi connectivity index (χ2n) is 9.60. The van der Waals surface area contributed by atoms with Crippen LogP contribution < -0.4 is 15.7 Å². The van der Waals surface area contributed by atoms with E-state index in [4.69, 9.17) is 4.74 Å². The number of benzene rings is 1. The molecule has 3 heterocycles. The molecule has 14 heteroatoms. The largest absolute Gasteiger partial charge is 0.493 e. The Hall–Kier alpha value is -3.94. The summed E-state index contributed by atoms with van der Waals surface area (Å²) in [6.45, 7) is 0.908. The van der Waals surface area contributed by atoms with E-state index in [2.05, 4.69) is 25.9 Å². The van der Waals surface area contributed by atoms with Gasteiger partial charge in [-0.1, -0.05) is 0 Å². The number of H-pyrrole nitrogens is 1. The average Bonchev–Trinajstić information content (AvgIpc) is 3.39. The monoisotopic (exact) mass is 549 g/mol. The standard InChI is InChI=1S/C25H27F4N7O3/c26-19-12-16(39-11-3-1-2-9-25(27,28)29)6-7-17(19)21-13-18(20-8-10-35(32-20)14-15-4-5-15)22(23(37)30-21)36-24(38)31-33-34-36/h6-8,10,12-13,15,23,30,37H,1-5,9,11,14H2,(H,31,34,38). The SMILES string of the molecule is O=c1[nH]nnn1C1=C(c2ccn(CC3CC3)n2)C=C(c2ccc(OCCCCCC(F)(F)F)cc2F)NC1O. The van der Waals surface area contributed by atoms with Gasteiger partial charge in [0.25, 0.3) is 0 Å². The summed E-state index contributed by atoms with van der Waals surface area (Å²) in [6.07, 6.45) is -0.0261. The quantitative estimate of drug-likeness (QED) is 0.247. The van der Waals surface area contributed by atoms with Gasteiger partial charge in [-0.25, -0.2) is 14.3 Å². The Bertz CT molecular complexity index is 1440. The van der Waals surface area contributed by atoms with Crippen LogP contribution in [0.15, 0.2) is 41.3 Å². The van der Waals surface area contributed by atoms with Crippen molar-refractivity contribution in [3.05, 3.63) is 64.1 Å². The van der Waals surface area contributed by atoms with Crippen molar-refractivity contribution in [3.63, 3.8) is 0 Å². The summed E-state index contributed by atoms with van der Waals surface area (Å²) in [5, 5.41) is 27.8. The van der Waals surface area contributed by atoms with E-state index in [0.717, 1.165) is 24.1 Å². The number of tetrazole rings is 1. The molecule has 0 radical (unpaired) electrons. The Morgan fingerprint density at radius 1 is 1.15 bits per heavy atom. The van der Waals surface area contributed by atoms with Crippen molar-refractivity contribution in [2.45, 2.75) is 57.5 Å². The molecule has 3 N–H and O–H groups in total. The van der Waals surface area contributed by atoms with Crippen molar-refractivity contribution in [1.82, 2.24) is 35.3 Å². The van der Waals surface area contributed by atoms with Crippen molar-refractivity contribution in [2.24, 2.45) is 5.92 Å². The number of allylic oxidation sites excluding steroid dienone is 2. The zero-order valence-corrected chi connectivity index (χ0v) is 20.8. The number of nitrogens with one attached hydrogen (secondary N) is 2. The van der Waals surface area contributed by atoms with E-state index < -0.39 is 30.3 Å². The summed E-state index contributed by atoms with van der Waals surface area (Å²) in [5.41, 5.74) is 0.618. The average molecular weight is 550 g/mol. The molecule has 10 nitrogen and oxygen atoms in total. The van der Waals surface area contributed by atoms with Gasteiger partial charge < -0.3 is 15.2 Å². The lowest BCUT2D eigenvalue weighted by atomic mass is 10.00. The highest BCUT2D eigenvalue weighted by Gasteiger charge is 2.30. The molecule has 39 heavy (non-hydrogen) atoms. The molecular formula is C25H27F4N7O3. The van der Waals surface area contributed by atoms with Crippen LogP contribution in [0.4, 0.5) is 17.6 Å². The molecule has 1 aromatic carbocycles. The van der Waals surface area contributed by atoms with Gasteiger partial charge in [-0.3, -0.25) is 4.68 Å². The van der Waals surface area contributed by atoms with E-state index in [9.17, 15) is 23.1 Å². The Morgan fingerprint density at radius 2 is 1.97 bits per heavy atom. The maximum absolute atomic E-state index is 15.2. The summed E-state index contributed by atoms with van der Waals surface area (Å²) >= 11 is 0. The number of nitrogens with zero attached hydrogens (tertiary/aromatic N) is 5. The van der Waals surface area contributed by atoms with Crippen molar-refractivity contribution < 1.29 is 27.4 Å². The molecule has 0 saturated heterocycles. The molecule has 1 atom stereocenters. The number of aromatic amines is 1. The number of unbranched alkanes of at least 4 members (excludes halogenated alkanes) is 2. The van der Waals surface area contributed by atoms with Gasteiger partial charge in [0.05, 0.1) is 12.3 Å². The highest BCUT2D eigenvalue weighted by Crippen LogP contribution is 2.34. The molecule has 0 amide bonds. The number of alkyl halides is 3. The number of aromatic nitrogens is 6. The van der Waals surface area contributed by atoms with Gasteiger partial charge in [-0.05, 0) is 72.7 Å². The normalized spacial score (nSPS) is 17.8. The second kappa shape index (κ2) is 11.0. The van der Waals surface area contributed by atoms with Crippen molar-refractivity contribution in [3.8, 4) is 5.75 Å². The van der Waals surface area contributed by atoms with Crippen LogP contribution in [0.3, 0.4) is 0 Å². The van der Waals surface area contributed by atoms with E-state index in [-0.39, 0.29) is 35.7 Å². The molecule has 2 aromatic heterocycles. The highest BCUT2D eigenvalue weighted by molar-refractivity contribution is 5.96. The zero-order chi connectivity index (χ0) is 27.6. The van der Waals surface area contributed by atoms with Gasteiger partial charge >= 0.3 is 11.9 Å². The van der Waals surface area contributed by atoms with Crippen LogP contribution in [0.25, 0.3) is 17.0 Å². The highest BCUT2D eigenvalue weighted by atomic mass is 19.4. The van der Waals surface area contributed by atoms with Gasteiger partial charge in [0.15, 0.2) is 6.23 Å². The number of hydrogen-bond donors (Lipinski definition) is 3. The zero-order valence-electron chi connectivity index (χ0n) is 20.8. The lowest BCUT2D eigenvalue weighted by molar-refractivity contribution is -0.135. The molecule has 1 fully saturated rings. The van der Waals surface area contributed by atoms with E-state index in [1.165, 1.54) is 18.2 Å². The van der Waals surface area contributed by atoms with Crippen molar-refractivity contribution in [2.75, 3.05) is 6.61 Å². The summed E-state index contributed by atoms with van der Waals surface area (Å²) < 4.78 is 60.1. The number of dihydropyridines is 1. The molecular weight excluding hydrogens is 522 g/mol. The third kappa shape index (κ3) is 6.56. The molecule has 1 unspecified atom stereocenters. The smallest absolute Gasteiger partial charge is 0.389 e. The first-order valence-corrected chi connectivity index (χ1v) is 12.6. The third-order valence-electron chi connectivity index (χ3n) is 6.48. The fourth-order valence-electron chi connectivity index (χ4n) is 4.34. The topological polar surface area (TPSA) is 123 Å². The maximum atomic E-state index is 15.2. The van der Waals surface area contributed by atoms with Crippen molar-refractivity contribution >= 4 is 17.0 Å². The van der Waals surface area contributed by atoms with Gasteiger partial charge in [0, 0.05) is 42.1 Å². The van der Waals surface area contributed by atoms with Crippen LogP contribution in [0.5, 0.6) is 5.75 Å². The molecule has 3 aromatic rings. The van der Waals surface area contributed by atoms with Crippen LogP contribution >= 0.6 is 0 Å². The second-order valence-corrected chi connectivity index (χ2v) is 9.60. The maximum Gasteiger partial charge on any atom is 0.389 e. The first kappa shape index (κ1) is 26.7. The van der Waals surface area contributed by atoms with Gasteiger partial charge in [0.2, 0.25) is 0 Å². The van der Waals surface area contributed by atoms with E-state index >= 15 is 4.39 Å². The first-order valence-electron chi connectivity index (χ1n) is 12.6. The predicted octanol–water partition coefficient (Wildman–Crippen LogP) is 3.54.